The van der Waals surface area contributed by atoms with Crippen LogP contribution in [0, 0.1) is 13.8 Å². The minimum atomic E-state index is 0.0579. The Balaban J connectivity index is 1.10. The molecular weight excluding hydrogens is 785 g/mol. The van der Waals surface area contributed by atoms with E-state index in [1.54, 1.807) is 0 Å². The normalized spacial score (nSPS) is 16.8. The summed E-state index contributed by atoms with van der Waals surface area (Å²) < 4.78 is 1.02. The summed E-state index contributed by atoms with van der Waals surface area (Å²) in [6.45, 7) is 23.1. The minimum Gasteiger partial charge on any atom is -0.255 e. The van der Waals surface area contributed by atoms with Crippen LogP contribution in [0.4, 0.5) is 0 Å². The van der Waals surface area contributed by atoms with Crippen molar-refractivity contribution in [3.8, 4) is 67.7 Å². The molecular formula is C54H53BrN4. The van der Waals surface area contributed by atoms with Crippen LogP contribution < -0.4 is 0 Å². The van der Waals surface area contributed by atoms with Gasteiger partial charge in [0.15, 0.2) is 17.5 Å². The van der Waals surface area contributed by atoms with Gasteiger partial charge in [-0.2, -0.15) is 0 Å². The summed E-state index contributed by atoms with van der Waals surface area (Å²) in [5.41, 5.74) is 18.0. The van der Waals surface area contributed by atoms with Gasteiger partial charge in [0.2, 0.25) is 0 Å². The largest absolute Gasteiger partial charge is 0.255 e. The average molecular weight is 838 g/mol. The predicted molar refractivity (Wildman–Crippen MR) is 249 cm³/mol. The lowest BCUT2D eigenvalue weighted by atomic mass is 9.82. The van der Waals surface area contributed by atoms with Gasteiger partial charge < -0.3 is 0 Å². The molecule has 296 valence electrons. The number of hydrogen-bond donors (Lipinski definition) is 0. The Kier molecular flexibility index (Phi) is 9.25. The van der Waals surface area contributed by atoms with Gasteiger partial charge in [0.25, 0.3) is 0 Å². The predicted octanol–water partition coefficient (Wildman–Crippen LogP) is 14.6. The molecule has 7 aromatic rings. The fourth-order valence-electron chi connectivity index (χ4n) is 10.7. The lowest BCUT2D eigenvalue weighted by Gasteiger charge is -2.22. The summed E-state index contributed by atoms with van der Waals surface area (Å²) >= 11 is 3.94. The number of nitrogens with zero attached hydrogens (tertiary/aromatic N) is 4. The lowest BCUT2D eigenvalue weighted by molar-refractivity contribution is 0.402. The smallest absolute Gasteiger partial charge is 0.165 e. The van der Waals surface area contributed by atoms with Crippen LogP contribution >= 0.6 is 15.9 Å². The summed E-state index contributed by atoms with van der Waals surface area (Å²) in [5, 5.41) is 0. The minimum absolute atomic E-state index is 0.0579. The first-order valence-corrected chi connectivity index (χ1v) is 21.7. The Labute approximate surface area is 358 Å². The van der Waals surface area contributed by atoms with Crippen LogP contribution in [-0.2, 0) is 21.7 Å². The van der Waals surface area contributed by atoms with Crippen LogP contribution in [0.3, 0.4) is 0 Å². The molecule has 59 heavy (non-hydrogen) atoms. The van der Waals surface area contributed by atoms with Gasteiger partial charge in [-0.25, -0.2) is 15.0 Å². The third-order valence-corrected chi connectivity index (χ3v) is 13.6. The zero-order valence-corrected chi connectivity index (χ0v) is 37.6. The van der Waals surface area contributed by atoms with Crippen molar-refractivity contribution in [2.45, 2.75) is 104 Å². The number of fused-ring (bicyclic) bond motifs is 2. The van der Waals surface area contributed by atoms with Gasteiger partial charge >= 0.3 is 0 Å². The number of halogens is 1. The molecule has 5 aromatic carbocycles. The van der Waals surface area contributed by atoms with Crippen molar-refractivity contribution in [3.05, 3.63) is 153 Å². The van der Waals surface area contributed by atoms with E-state index in [9.17, 15) is 0 Å². The van der Waals surface area contributed by atoms with Crippen molar-refractivity contribution >= 4 is 15.9 Å². The first kappa shape index (κ1) is 39.2. The molecule has 0 saturated carbocycles. The Morgan fingerprint density at radius 2 is 0.898 bits per heavy atom. The van der Waals surface area contributed by atoms with Crippen molar-refractivity contribution < 1.29 is 0 Å². The van der Waals surface area contributed by atoms with E-state index in [1.165, 1.54) is 50.1 Å². The number of pyridine rings is 1. The van der Waals surface area contributed by atoms with Crippen molar-refractivity contribution in [2.75, 3.05) is 0 Å². The molecule has 0 bridgehead atoms. The molecule has 2 aliphatic rings. The maximum absolute atomic E-state index is 5.21. The quantitative estimate of drug-likeness (QED) is 0.167. The third kappa shape index (κ3) is 7.05. The van der Waals surface area contributed by atoms with E-state index in [4.69, 9.17) is 19.9 Å². The molecule has 2 heterocycles. The van der Waals surface area contributed by atoms with Crippen LogP contribution in [0.2, 0.25) is 0 Å². The van der Waals surface area contributed by atoms with Crippen molar-refractivity contribution in [2.24, 2.45) is 0 Å². The summed E-state index contributed by atoms with van der Waals surface area (Å²) in [5.74, 6) is 1.97. The molecule has 0 atom stereocenters. The topological polar surface area (TPSA) is 51.6 Å². The van der Waals surface area contributed by atoms with E-state index in [-0.39, 0.29) is 21.7 Å². The van der Waals surface area contributed by atoms with Crippen molar-refractivity contribution in [1.29, 1.82) is 0 Å². The number of aryl methyl sites for hydroxylation is 2. The van der Waals surface area contributed by atoms with Gasteiger partial charge in [-0.05, 0) is 123 Å². The molecule has 5 heteroatoms. The van der Waals surface area contributed by atoms with E-state index in [1.807, 2.05) is 6.20 Å². The summed E-state index contributed by atoms with van der Waals surface area (Å²) in [7, 11) is 0. The number of hydrogen-bond acceptors (Lipinski definition) is 4. The number of aromatic nitrogens is 4. The van der Waals surface area contributed by atoms with E-state index < -0.39 is 0 Å². The summed E-state index contributed by atoms with van der Waals surface area (Å²) in [6, 6.07) is 39.7. The van der Waals surface area contributed by atoms with Crippen LogP contribution in [0.5, 0.6) is 0 Å². The van der Waals surface area contributed by atoms with Crippen LogP contribution in [-0.4, -0.2) is 19.9 Å². The van der Waals surface area contributed by atoms with Gasteiger partial charge in [-0.3, -0.25) is 4.98 Å². The van der Waals surface area contributed by atoms with Gasteiger partial charge in [0.05, 0.1) is 5.69 Å². The fourth-order valence-corrected chi connectivity index (χ4v) is 11.3. The molecule has 0 aliphatic heterocycles. The van der Waals surface area contributed by atoms with Crippen LogP contribution in [0.25, 0.3) is 67.7 Å². The fraction of sp³-hybridized carbons (Fsp3) is 0.296. The zero-order chi connectivity index (χ0) is 41.6. The molecule has 0 saturated heterocycles. The molecule has 0 spiro atoms. The zero-order valence-electron chi connectivity index (χ0n) is 36.1. The van der Waals surface area contributed by atoms with Crippen molar-refractivity contribution in [3.63, 3.8) is 0 Å². The molecule has 0 unspecified atom stereocenters. The summed E-state index contributed by atoms with van der Waals surface area (Å²) in [4.78, 5) is 20.6. The third-order valence-electron chi connectivity index (χ3n) is 12.9. The maximum atomic E-state index is 5.21. The van der Waals surface area contributed by atoms with E-state index in [2.05, 4.69) is 194 Å². The highest BCUT2D eigenvalue weighted by atomic mass is 79.9. The number of rotatable bonds is 6. The second-order valence-corrected chi connectivity index (χ2v) is 20.6. The standard InChI is InChI=1S/C54H53BrN4/c1-32-23-33(2)25-38(24-32)39-13-11-12-14-40(39)41-19-15-34(28-46(41)55)47-22-18-37(29-56-47)50-58-48(35-16-20-42-44(26-35)53(7,8)30-51(42,3)4)57-49(59-50)36-17-21-43-45(27-36)54(9,10)31-52(43,5)6/h11-29H,30-31H2,1-10H3. The molecule has 2 aromatic heterocycles. The summed E-state index contributed by atoms with van der Waals surface area (Å²) in [6.07, 6.45) is 4.11. The first-order chi connectivity index (χ1) is 27.9. The molecule has 2 aliphatic carbocycles. The molecule has 0 radical (unpaired) electrons. The average Bonchev–Trinajstić information content (AvgIpc) is 3.51. The van der Waals surface area contributed by atoms with Gasteiger partial charge in [0.1, 0.15) is 0 Å². The highest BCUT2D eigenvalue weighted by molar-refractivity contribution is 9.10. The highest BCUT2D eigenvalue weighted by Crippen LogP contribution is 2.51. The maximum Gasteiger partial charge on any atom is 0.165 e. The Morgan fingerprint density at radius 1 is 0.424 bits per heavy atom. The second kappa shape index (κ2) is 13.9. The molecule has 0 amide bonds. The van der Waals surface area contributed by atoms with Gasteiger partial charge in [-0.15, -0.1) is 0 Å². The van der Waals surface area contributed by atoms with Gasteiger partial charge in [-0.1, -0.05) is 161 Å². The van der Waals surface area contributed by atoms with E-state index >= 15 is 0 Å². The van der Waals surface area contributed by atoms with E-state index in [0.29, 0.717) is 17.5 Å². The molecule has 0 N–H and O–H groups in total. The second-order valence-electron chi connectivity index (χ2n) is 19.8. The highest BCUT2D eigenvalue weighted by Gasteiger charge is 2.43. The monoisotopic (exact) mass is 836 g/mol. The van der Waals surface area contributed by atoms with Crippen LogP contribution in [0.1, 0.15) is 102 Å². The Morgan fingerprint density at radius 3 is 1.41 bits per heavy atom. The first-order valence-electron chi connectivity index (χ1n) is 20.9. The Bertz CT molecular complexity index is 2690. The Hall–Kier alpha value is -5.26. The van der Waals surface area contributed by atoms with Gasteiger partial charge in [0, 0.05) is 32.9 Å². The lowest BCUT2D eigenvalue weighted by Crippen LogP contribution is -2.18. The van der Waals surface area contributed by atoms with Crippen LogP contribution in [0.15, 0.2) is 120 Å². The molecule has 9 rings (SSSR count). The molecule has 4 nitrogen and oxygen atoms in total. The van der Waals surface area contributed by atoms with Crippen molar-refractivity contribution in [1.82, 2.24) is 19.9 Å². The molecule has 0 fully saturated rings. The van der Waals surface area contributed by atoms with E-state index in [0.717, 1.165) is 50.8 Å². The number of benzene rings is 5. The SMILES string of the molecule is Cc1cc(C)cc(-c2ccccc2-c2ccc(-c3ccc(-c4nc(-c5ccc6c(c5)C(C)(C)CC6(C)C)nc(-c5ccc6c(c5)C(C)(C)CC6(C)C)n4)cn3)cc2Br)c1.